The molecule has 0 bridgehead atoms. The Morgan fingerprint density at radius 1 is 0.923 bits per heavy atom. The third-order valence-corrected chi connectivity index (χ3v) is 5.88. The predicted molar refractivity (Wildman–Crippen MR) is 100 cm³/mol. The molecule has 0 saturated heterocycles. The van der Waals surface area contributed by atoms with Crippen LogP contribution in [-0.4, -0.2) is 25.3 Å². The highest BCUT2D eigenvalue weighted by molar-refractivity contribution is 7.90. The van der Waals surface area contributed by atoms with E-state index < -0.39 is 10.0 Å². The number of ether oxygens (including phenoxy) is 1. The minimum atomic E-state index is -3.92. The number of nitrogens with zero attached hydrogens (tertiary/aromatic N) is 1. The van der Waals surface area contributed by atoms with Crippen LogP contribution in [0.2, 0.25) is 0 Å². The molecule has 1 aromatic heterocycles. The Bertz CT molecular complexity index is 1050. The van der Waals surface area contributed by atoms with Crippen molar-refractivity contribution in [3.63, 3.8) is 0 Å². The first-order chi connectivity index (χ1) is 12.3. The molecule has 0 fully saturated rings. The summed E-state index contributed by atoms with van der Waals surface area (Å²) in [6, 6.07) is 16.8. The van der Waals surface area contributed by atoms with Crippen LogP contribution in [0.4, 0.5) is 0 Å². The fraction of sp³-hybridized carbons (Fsp3) is 0.150. The molecule has 3 rings (SSSR count). The zero-order chi connectivity index (χ0) is 18.9. The van der Waals surface area contributed by atoms with Crippen molar-refractivity contribution in [3.8, 4) is 17.0 Å². The number of hydrogen-bond acceptors (Lipinski definition) is 4. The molecule has 0 unspecified atom stereocenters. The fourth-order valence-corrected chi connectivity index (χ4v) is 4.30. The van der Waals surface area contributed by atoms with E-state index in [4.69, 9.17) is 4.74 Å². The van der Waals surface area contributed by atoms with Crippen molar-refractivity contribution in [2.45, 2.75) is 18.7 Å². The van der Waals surface area contributed by atoms with Crippen LogP contribution < -0.4 is 4.74 Å². The van der Waals surface area contributed by atoms with Gasteiger partial charge in [-0.3, -0.25) is 4.79 Å². The second-order valence-corrected chi connectivity index (χ2v) is 7.76. The molecule has 3 aromatic rings. The van der Waals surface area contributed by atoms with Gasteiger partial charge >= 0.3 is 0 Å². The van der Waals surface area contributed by atoms with Gasteiger partial charge in [-0.2, -0.15) is 0 Å². The molecule has 26 heavy (non-hydrogen) atoms. The molecule has 6 heteroatoms. The fourth-order valence-electron chi connectivity index (χ4n) is 2.73. The van der Waals surface area contributed by atoms with Gasteiger partial charge in [0.25, 0.3) is 10.0 Å². The number of hydrogen-bond donors (Lipinski definition) is 0. The summed E-state index contributed by atoms with van der Waals surface area (Å²) in [5.74, 6) is 0.348. The molecule has 0 amide bonds. The van der Waals surface area contributed by atoms with E-state index in [1.165, 1.54) is 13.0 Å². The lowest BCUT2D eigenvalue weighted by Crippen LogP contribution is -2.18. The molecule has 1 heterocycles. The maximum atomic E-state index is 13.2. The lowest BCUT2D eigenvalue weighted by molar-refractivity contribution is 0.101. The standard InChI is InChI=1S/C20H19NO4S/c1-14-4-10-18(11-5-14)26(23,24)21-19(15(2)22)12-13-20(21)16-6-8-17(25-3)9-7-16/h4-13H,1-3H3. The van der Waals surface area contributed by atoms with Gasteiger partial charge in [-0.05, 0) is 61.0 Å². The number of aryl methyl sites for hydroxylation is 1. The van der Waals surface area contributed by atoms with E-state index in [0.717, 1.165) is 9.54 Å². The van der Waals surface area contributed by atoms with Gasteiger partial charge in [0.15, 0.2) is 5.78 Å². The molecule has 0 aliphatic carbocycles. The van der Waals surface area contributed by atoms with Crippen LogP contribution >= 0.6 is 0 Å². The van der Waals surface area contributed by atoms with E-state index in [1.807, 2.05) is 6.92 Å². The maximum Gasteiger partial charge on any atom is 0.268 e. The Hall–Kier alpha value is -2.86. The Balaban J connectivity index is 2.22. The second-order valence-electron chi connectivity index (χ2n) is 5.97. The van der Waals surface area contributed by atoms with Gasteiger partial charge in [0.05, 0.1) is 17.7 Å². The molecule has 2 aromatic carbocycles. The van der Waals surface area contributed by atoms with E-state index in [-0.39, 0.29) is 16.4 Å². The first-order valence-electron chi connectivity index (χ1n) is 8.04. The summed E-state index contributed by atoms with van der Waals surface area (Å²) >= 11 is 0. The lowest BCUT2D eigenvalue weighted by Gasteiger charge is -2.14. The maximum absolute atomic E-state index is 13.2. The van der Waals surface area contributed by atoms with Crippen molar-refractivity contribution in [1.82, 2.24) is 3.97 Å². The third-order valence-electron chi connectivity index (χ3n) is 4.14. The second kappa shape index (κ2) is 6.80. The summed E-state index contributed by atoms with van der Waals surface area (Å²) in [4.78, 5) is 12.2. The smallest absolute Gasteiger partial charge is 0.268 e. The summed E-state index contributed by atoms with van der Waals surface area (Å²) in [6.07, 6.45) is 0. The van der Waals surface area contributed by atoms with Crippen LogP contribution in [0.15, 0.2) is 65.6 Å². The number of carbonyl (C=O) groups excluding carboxylic acids is 1. The van der Waals surface area contributed by atoms with Gasteiger partial charge in [0.2, 0.25) is 0 Å². The highest BCUT2D eigenvalue weighted by atomic mass is 32.2. The summed E-state index contributed by atoms with van der Waals surface area (Å²) in [5.41, 5.74) is 2.18. The minimum Gasteiger partial charge on any atom is -0.497 e. The average molecular weight is 369 g/mol. The third kappa shape index (κ3) is 3.15. The van der Waals surface area contributed by atoms with Crippen LogP contribution in [0, 0.1) is 6.92 Å². The van der Waals surface area contributed by atoms with Crippen LogP contribution in [0.3, 0.4) is 0 Å². The number of ketones is 1. The van der Waals surface area contributed by atoms with Crippen molar-refractivity contribution in [2.75, 3.05) is 7.11 Å². The highest BCUT2D eigenvalue weighted by Crippen LogP contribution is 2.29. The van der Waals surface area contributed by atoms with Crippen LogP contribution in [0.1, 0.15) is 23.0 Å². The summed E-state index contributed by atoms with van der Waals surface area (Å²) in [6.45, 7) is 3.24. The normalized spacial score (nSPS) is 11.3. The summed E-state index contributed by atoms with van der Waals surface area (Å²) in [5, 5.41) is 0. The highest BCUT2D eigenvalue weighted by Gasteiger charge is 2.25. The van der Waals surface area contributed by atoms with Crippen LogP contribution in [0.5, 0.6) is 5.75 Å². The molecular weight excluding hydrogens is 350 g/mol. The Kier molecular flexibility index (Phi) is 4.70. The van der Waals surface area contributed by atoms with Gasteiger partial charge < -0.3 is 4.74 Å². The number of carbonyl (C=O) groups is 1. The molecule has 5 nitrogen and oxygen atoms in total. The topological polar surface area (TPSA) is 65.4 Å². The molecule has 0 aliphatic heterocycles. The molecule has 0 N–H and O–H groups in total. The Morgan fingerprint density at radius 3 is 2.08 bits per heavy atom. The molecule has 0 spiro atoms. The van der Waals surface area contributed by atoms with Gasteiger partial charge in [-0.1, -0.05) is 17.7 Å². The predicted octanol–water partition coefficient (Wildman–Crippen LogP) is 3.91. The molecule has 0 atom stereocenters. The van der Waals surface area contributed by atoms with E-state index >= 15 is 0 Å². The largest absolute Gasteiger partial charge is 0.497 e. The Labute approximate surface area is 152 Å². The van der Waals surface area contributed by atoms with Crippen LogP contribution in [0.25, 0.3) is 11.3 Å². The average Bonchev–Trinajstić information content (AvgIpc) is 3.08. The number of Topliss-reactive ketones (excluding diaryl/α,β-unsaturated/α-hetero) is 1. The first kappa shape index (κ1) is 17.9. The Morgan fingerprint density at radius 2 is 1.54 bits per heavy atom. The van der Waals surface area contributed by atoms with Gasteiger partial charge in [0.1, 0.15) is 11.4 Å². The van der Waals surface area contributed by atoms with Crippen molar-refractivity contribution in [3.05, 3.63) is 71.9 Å². The zero-order valence-corrected chi connectivity index (χ0v) is 15.6. The van der Waals surface area contributed by atoms with E-state index in [1.54, 1.807) is 61.7 Å². The number of aromatic nitrogens is 1. The van der Waals surface area contributed by atoms with Crippen molar-refractivity contribution < 1.29 is 17.9 Å². The summed E-state index contributed by atoms with van der Waals surface area (Å²) < 4.78 is 32.7. The molecular formula is C20H19NO4S. The summed E-state index contributed by atoms with van der Waals surface area (Å²) in [7, 11) is -2.36. The van der Waals surface area contributed by atoms with E-state index in [0.29, 0.717) is 17.0 Å². The van der Waals surface area contributed by atoms with Gasteiger partial charge in [-0.25, -0.2) is 12.4 Å². The number of rotatable bonds is 5. The first-order valence-corrected chi connectivity index (χ1v) is 9.48. The van der Waals surface area contributed by atoms with E-state index in [2.05, 4.69) is 0 Å². The van der Waals surface area contributed by atoms with Gasteiger partial charge in [-0.15, -0.1) is 0 Å². The van der Waals surface area contributed by atoms with Crippen molar-refractivity contribution >= 4 is 15.8 Å². The molecule has 0 aliphatic rings. The van der Waals surface area contributed by atoms with Crippen molar-refractivity contribution in [2.24, 2.45) is 0 Å². The quantitative estimate of drug-likeness (QED) is 0.640. The van der Waals surface area contributed by atoms with Crippen LogP contribution in [-0.2, 0) is 10.0 Å². The SMILES string of the molecule is COc1ccc(-c2ccc(C(C)=O)n2S(=O)(=O)c2ccc(C)cc2)cc1. The molecule has 134 valence electrons. The molecule has 0 radical (unpaired) electrons. The zero-order valence-electron chi connectivity index (χ0n) is 14.8. The lowest BCUT2D eigenvalue weighted by atomic mass is 10.1. The van der Waals surface area contributed by atoms with E-state index in [9.17, 15) is 13.2 Å². The van der Waals surface area contributed by atoms with Gasteiger partial charge in [0, 0.05) is 6.92 Å². The molecule has 0 saturated carbocycles. The number of methoxy groups -OCH3 is 1. The minimum absolute atomic E-state index is 0.122. The number of benzene rings is 2. The monoisotopic (exact) mass is 369 g/mol. The van der Waals surface area contributed by atoms with Crippen molar-refractivity contribution in [1.29, 1.82) is 0 Å².